The van der Waals surface area contributed by atoms with Gasteiger partial charge in [0.25, 0.3) is 0 Å². The number of nitrogens with one attached hydrogen (secondary N) is 1. The zero-order chi connectivity index (χ0) is 12.3. The van der Waals surface area contributed by atoms with Crippen molar-refractivity contribution < 1.29 is 4.79 Å². The Hall–Kier alpha value is -0.280. The molecule has 3 nitrogen and oxygen atoms in total. The maximum atomic E-state index is 12.1. The van der Waals surface area contributed by atoms with Crippen molar-refractivity contribution in [1.82, 2.24) is 10.2 Å². The summed E-state index contributed by atoms with van der Waals surface area (Å²) in [5.74, 6) is 2.45. The summed E-state index contributed by atoms with van der Waals surface area (Å²) in [6, 6.07) is 0. The lowest BCUT2D eigenvalue weighted by molar-refractivity contribution is -0.131. The highest BCUT2D eigenvalue weighted by molar-refractivity contribution is 5.85. The van der Waals surface area contributed by atoms with E-state index in [1.807, 2.05) is 11.9 Å². The second-order valence-corrected chi connectivity index (χ2v) is 5.99. The number of piperidine rings is 1. The van der Waals surface area contributed by atoms with Crippen LogP contribution in [0.3, 0.4) is 0 Å². The van der Waals surface area contributed by atoms with E-state index in [0.29, 0.717) is 11.8 Å². The molecule has 1 amide bonds. The minimum Gasteiger partial charge on any atom is -0.345 e. The summed E-state index contributed by atoms with van der Waals surface area (Å²) in [5.41, 5.74) is 0. The quantitative estimate of drug-likeness (QED) is 0.834. The third-order valence-corrected chi connectivity index (χ3v) is 4.34. The highest BCUT2D eigenvalue weighted by Crippen LogP contribution is 2.30. The van der Waals surface area contributed by atoms with Crippen molar-refractivity contribution in [2.45, 2.75) is 39.0 Å². The monoisotopic (exact) mass is 274 g/mol. The van der Waals surface area contributed by atoms with Crippen molar-refractivity contribution in [2.75, 3.05) is 26.7 Å². The molecule has 0 aromatic carbocycles. The van der Waals surface area contributed by atoms with Crippen LogP contribution in [0.15, 0.2) is 0 Å². The number of carbonyl (C=O) groups is 1. The van der Waals surface area contributed by atoms with Crippen LogP contribution in [0, 0.1) is 17.8 Å². The number of halogens is 1. The number of amides is 1. The van der Waals surface area contributed by atoms with Crippen LogP contribution < -0.4 is 5.32 Å². The molecule has 106 valence electrons. The summed E-state index contributed by atoms with van der Waals surface area (Å²) >= 11 is 0. The first-order valence-corrected chi connectivity index (χ1v) is 7.11. The fraction of sp³-hybridized carbons (Fsp3) is 0.929. The van der Waals surface area contributed by atoms with Crippen molar-refractivity contribution >= 4 is 18.3 Å². The van der Waals surface area contributed by atoms with Crippen LogP contribution in [0.25, 0.3) is 0 Å². The van der Waals surface area contributed by atoms with Gasteiger partial charge >= 0.3 is 0 Å². The summed E-state index contributed by atoms with van der Waals surface area (Å²) < 4.78 is 0. The predicted octanol–water partition coefficient (Wildman–Crippen LogP) is 2.30. The van der Waals surface area contributed by atoms with Crippen molar-refractivity contribution in [1.29, 1.82) is 0 Å². The molecule has 1 aliphatic heterocycles. The molecule has 2 fully saturated rings. The smallest absolute Gasteiger partial charge is 0.222 e. The summed E-state index contributed by atoms with van der Waals surface area (Å²) in [4.78, 5) is 14.0. The van der Waals surface area contributed by atoms with Crippen LogP contribution in [0.1, 0.15) is 39.0 Å². The molecule has 0 bridgehead atoms. The van der Waals surface area contributed by atoms with Gasteiger partial charge in [-0.15, -0.1) is 12.4 Å². The molecule has 0 spiro atoms. The van der Waals surface area contributed by atoms with Crippen LogP contribution in [0.4, 0.5) is 0 Å². The van der Waals surface area contributed by atoms with Crippen molar-refractivity contribution in [3.63, 3.8) is 0 Å². The standard InChI is InChI=1S/C14H26N2O.ClH/c1-11(13-5-7-15-8-6-13)9-14(17)16(2)10-12-3-4-12;/h11-13,15H,3-10H2,1-2H3;1H. The van der Waals surface area contributed by atoms with Gasteiger partial charge in [-0.25, -0.2) is 0 Å². The van der Waals surface area contributed by atoms with E-state index in [2.05, 4.69) is 12.2 Å². The van der Waals surface area contributed by atoms with Crippen LogP contribution in [0.5, 0.6) is 0 Å². The minimum atomic E-state index is 0. The molecule has 1 N–H and O–H groups in total. The molecule has 0 aromatic rings. The zero-order valence-corrected chi connectivity index (χ0v) is 12.5. The van der Waals surface area contributed by atoms with Crippen LogP contribution in [-0.4, -0.2) is 37.5 Å². The van der Waals surface area contributed by atoms with Crippen LogP contribution in [-0.2, 0) is 4.79 Å². The molecule has 1 saturated heterocycles. The molecule has 18 heavy (non-hydrogen) atoms. The Kier molecular flexibility index (Phi) is 6.44. The first-order valence-electron chi connectivity index (χ1n) is 7.11. The Morgan fingerprint density at radius 1 is 1.28 bits per heavy atom. The highest BCUT2D eigenvalue weighted by atomic mass is 35.5. The molecule has 1 aliphatic carbocycles. The molecule has 4 heteroatoms. The second kappa shape index (κ2) is 7.34. The molecule has 1 unspecified atom stereocenters. The third-order valence-electron chi connectivity index (χ3n) is 4.34. The van der Waals surface area contributed by atoms with Gasteiger partial charge in [-0.05, 0) is 56.5 Å². The average Bonchev–Trinajstić information content (AvgIpc) is 3.14. The van der Waals surface area contributed by atoms with Gasteiger partial charge in [0.2, 0.25) is 5.91 Å². The SMILES string of the molecule is CC(CC(=O)N(C)CC1CC1)C1CCNCC1.Cl. The molecule has 0 radical (unpaired) electrons. The number of carbonyl (C=O) groups excluding carboxylic acids is 1. The first kappa shape index (κ1) is 15.8. The normalized spacial score (nSPS) is 22.1. The second-order valence-electron chi connectivity index (χ2n) is 5.99. The molecule has 1 saturated carbocycles. The van der Waals surface area contributed by atoms with E-state index >= 15 is 0 Å². The van der Waals surface area contributed by atoms with Crippen molar-refractivity contribution in [2.24, 2.45) is 17.8 Å². The summed E-state index contributed by atoms with van der Waals surface area (Å²) in [6.45, 7) is 5.48. The van der Waals surface area contributed by atoms with Gasteiger partial charge in [-0.3, -0.25) is 4.79 Å². The van der Waals surface area contributed by atoms with Gasteiger partial charge in [-0.2, -0.15) is 0 Å². The summed E-state index contributed by atoms with van der Waals surface area (Å²) in [5, 5.41) is 3.38. The lowest BCUT2D eigenvalue weighted by atomic mass is 9.84. The molecular weight excluding hydrogens is 248 g/mol. The lowest BCUT2D eigenvalue weighted by Gasteiger charge is -2.29. The number of rotatable bonds is 5. The molecule has 0 aromatic heterocycles. The van der Waals surface area contributed by atoms with Crippen molar-refractivity contribution in [3.05, 3.63) is 0 Å². The Bertz CT molecular complexity index is 263. The van der Waals surface area contributed by atoms with Gasteiger partial charge in [0, 0.05) is 20.0 Å². The van der Waals surface area contributed by atoms with E-state index in [4.69, 9.17) is 0 Å². The third kappa shape index (κ3) is 4.77. The van der Waals surface area contributed by atoms with Gasteiger partial charge in [-0.1, -0.05) is 6.92 Å². The molecule has 1 heterocycles. The van der Waals surface area contributed by atoms with Gasteiger partial charge in [0.15, 0.2) is 0 Å². The lowest BCUT2D eigenvalue weighted by Crippen LogP contribution is -2.34. The van der Waals surface area contributed by atoms with E-state index in [1.165, 1.54) is 25.7 Å². The topological polar surface area (TPSA) is 32.3 Å². The molecule has 1 atom stereocenters. The predicted molar refractivity (Wildman–Crippen MR) is 77.0 cm³/mol. The number of hydrogen-bond donors (Lipinski definition) is 1. The van der Waals surface area contributed by atoms with E-state index in [0.717, 1.165) is 37.9 Å². The van der Waals surface area contributed by atoms with Gasteiger partial charge in [0.05, 0.1) is 0 Å². The van der Waals surface area contributed by atoms with Crippen molar-refractivity contribution in [3.8, 4) is 0 Å². The zero-order valence-electron chi connectivity index (χ0n) is 11.7. The summed E-state index contributed by atoms with van der Waals surface area (Å²) in [7, 11) is 1.97. The Labute approximate surface area is 117 Å². The van der Waals surface area contributed by atoms with Gasteiger partial charge in [0.1, 0.15) is 0 Å². The van der Waals surface area contributed by atoms with E-state index in [1.54, 1.807) is 0 Å². The fourth-order valence-electron chi connectivity index (χ4n) is 2.80. The summed E-state index contributed by atoms with van der Waals surface area (Å²) in [6.07, 6.45) is 5.86. The fourth-order valence-corrected chi connectivity index (χ4v) is 2.80. The van der Waals surface area contributed by atoms with Crippen LogP contribution in [0.2, 0.25) is 0 Å². The van der Waals surface area contributed by atoms with E-state index in [9.17, 15) is 4.79 Å². The highest BCUT2D eigenvalue weighted by Gasteiger charge is 2.27. The number of hydrogen-bond acceptors (Lipinski definition) is 2. The minimum absolute atomic E-state index is 0. The Morgan fingerprint density at radius 2 is 1.89 bits per heavy atom. The Balaban J connectivity index is 0.00000162. The Morgan fingerprint density at radius 3 is 2.44 bits per heavy atom. The van der Waals surface area contributed by atoms with E-state index in [-0.39, 0.29) is 12.4 Å². The average molecular weight is 275 g/mol. The molecular formula is C14H27ClN2O. The maximum absolute atomic E-state index is 12.1. The van der Waals surface area contributed by atoms with Gasteiger partial charge < -0.3 is 10.2 Å². The van der Waals surface area contributed by atoms with E-state index < -0.39 is 0 Å². The van der Waals surface area contributed by atoms with Crippen LogP contribution >= 0.6 is 12.4 Å². The molecule has 2 aliphatic rings. The maximum Gasteiger partial charge on any atom is 0.222 e. The number of nitrogens with zero attached hydrogens (tertiary/aromatic N) is 1. The molecule has 2 rings (SSSR count). The largest absolute Gasteiger partial charge is 0.345 e. The first-order chi connectivity index (χ1) is 8.16.